The minimum Gasteiger partial charge on any atom is -0.494 e. The molecule has 0 saturated carbocycles. The molecule has 0 spiro atoms. The Bertz CT molecular complexity index is 1150. The molecule has 33 heavy (non-hydrogen) atoms. The lowest BCUT2D eigenvalue weighted by Gasteiger charge is -2.13. The van der Waals surface area contributed by atoms with Crippen molar-refractivity contribution in [2.75, 3.05) is 33.2 Å². The molecular weight excluding hydrogens is 427 g/mol. The number of halogens is 1. The minimum absolute atomic E-state index is 0.0424. The number of para-hydroxylation sites is 1. The highest BCUT2D eigenvalue weighted by Crippen LogP contribution is 2.27. The quantitative estimate of drug-likeness (QED) is 0.511. The van der Waals surface area contributed by atoms with Crippen LogP contribution in [0.1, 0.15) is 26.3 Å². The molecule has 172 valence electrons. The second kappa shape index (κ2) is 11.0. The number of benzene rings is 3. The lowest BCUT2D eigenvalue weighted by Crippen LogP contribution is -2.27. The lowest BCUT2D eigenvalue weighted by atomic mass is 10.1. The van der Waals surface area contributed by atoms with Crippen molar-refractivity contribution in [2.24, 2.45) is 0 Å². The first-order chi connectivity index (χ1) is 16.0. The summed E-state index contributed by atoms with van der Waals surface area (Å²) in [4.78, 5) is 25.3. The molecule has 0 aromatic heterocycles. The van der Waals surface area contributed by atoms with Gasteiger partial charge >= 0.3 is 0 Å². The van der Waals surface area contributed by atoms with Crippen LogP contribution in [0.15, 0.2) is 60.7 Å². The fourth-order valence-corrected chi connectivity index (χ4v) is 3.24. The molecule has 0 aliphatic heterocycles. The molecule has 3 aromatic carbocycles. The van der Waals surface area contributed by atoms with Gasteiger partial charge in [-0.05, 0) is 54.4 Å². The van der Waals surface area contributed by atoms with Gasteiger partial charge in [0, 0.05) is 12.1 Å². The number of ether oxygens (including phenoxy) is 3. The number of hydrogen-bond donors (Lipinski definition) is 2. The summed E-state index contributed by atoms with van der Waals surface area (Å²) in [6.07, 6.45) is 0.575. The van der Waals surface area contributed by atoms with Gasteiger partial charge in [0.1, 0.15) is 0 Å². The Morgan fingerprint density at radius 2 is 1.52 bits per heavy atom. The van der Waals surface area contributed by atoms with Crippen LogP contribution in [0, 0.1) is 5.82 Å². The molecule has 2 N–H and O–H groups in total. The average molecular weight is 452 g/mol. The third-order valence-corrected chi connectivity index (χ3v) is 4.98. The highest BCUT2D eigenvalue weighted by atomic mass is 19.1. The first-order valence-electron chi connectivity index (χ1n) is 10.2. The summed E-state index contributed by atoms with van der Waals surface area (Å²) in [7, 11) is 4.48. The van der Waals surface area contributed by atoms with Gasteiger partial charge in [0.15, 0.2) is 23.1 Å². The summed E-state index contributed by atoms with van der Waals surface area (Å²) in [5.74, 6) is -0.238. The summed E-state index contributed by atoms with van der Waals surface area (Å²) in [6, 6.07) is 16.1. The summed E-state index contributed by atoms with van der Waals surface area (Å²) in [5.41, 5.74) is 1.70. The zero-order valence-corrected chi connectivity index (χ0v) is 18.6. The third-order valence-electron chi connectivity index (χ3n) is 4.98. The highest BCUT2D eigenvalue weighted by molar-refractivity contribution is 6.09. The molecule has 0 saturated heterocycles. The van der Waals surface area contributed by atoms with E-state index in [1.807, 2.05) is 18.2 Å². The van der Waals surface area contributed by atoms with Crippen molar-refractivity contribution in [1.82, 2.24) is 5.32 Å². The second-order valence-corrected chi connectivity index (χ2v) is 7.04. The van der Waals surface area contributed by atoms with Crippen LogP contribution in [-0.4, -0.2) is 39.7 Å². The molecule has 0 radical (unpaired) electrons. The molecule has 0 fully saturated rings. The van der Waals surface area contributed by atoms with E-state index < -0.39 is 11.7 Å². The molecule has 3 rings (SSSR count). The van der Waals surface area contributed by atoms with Crippen LogP contribution < -0.4 is 24.8 Å². The summed E-state index contributed by atoms with van der Waals surface area (Å²) < 4.78 is 29.3. The topological polar surface area (TPSA) is 85.9 Å². The normalized spacial score (nSPS) is 10.3. The molecule has 7 nitrogen and oxygen atoms in total. The van der Waals surface area contributed by atoms with Crippen molar-refractivity contribution in [3.05, 3.63) is 83.2 Å². The third kappa shape index (κ3) is 5.79. The van der Waals surface area contributed by atoms with Crippen LogP contribution in [0.3, 0.4) is 0 Å². The van der Waals surface area contributed by atoms with E-state index in [-0.39, 0.29) is 17.2 Å². The number of rotatable bonds is 9. The number of methoxy groups -OCH3 is 3. The van der Waals surface area contributed by atoms with Gasteiger partial charge in [0.25, 0.3) is 11.8 Å². The monoisotopic (exact) mass is 452 g/mol. The highest BCUT2D eigenvalue weighted by Gasteiger charge is 2.15. The van der Waals surface area contributed by atoms with E-state index in [0.29, 0.717) is 35.7 Å². The number of hydrogen-bond acceptors (Lipinski definition) is 5. The Kier molecular flexibility index (Phi) is 7.86. The van der Waals surface area contributed by atoms with E-state index in [2.05, 4.69) is 10.6 Å². The number of amides is 2. The van der Waals surface area contributed by atoms with E-state index in [1.165, 1.54) is 19.2 Å². The molecule has 8 heteroatoms. The number of carbonyl (C=O) groups excluding carboxylic acids is 2. The van der Waals surface area contributed by atoms with E-state index in [1.54, 1.807) is 38.5 Å². The predicted molar refractivity (Wildman–Crippen MR) is 123 cm³/mol. The number of carbonyl (C=O) groups is 2. The zero-order valence-electron chi connectivity index (χ0n) is 18.6. The van der Waals surface area contributed by atoms with Crippen molar-refractivity contribution in [3.8, 4) is 17.2 Å². The van der Waals surface area contributed by atoms with Crippen LogP contribution in [0.5, 0.6) is 17.2 Å². The fourth-order valence-electron chi connectivity index (χ4n) is 3.24. The van der Waals surface area contributed by atoms with Gasteiger partial charge in [-0.2, -0.15) is 0 Å². The smallest absolute Gasteiger partial charge is 0.255 e. The van der Waals surface area contributed by atoms with Crippen molar-refractivity contribution in [3.63, 3.8) is 0 Å². The van der Waals surface area contributed by atoms with Gasteiger partial charge in [0.05, 0.1) is 32.6 Å². The Balaban J connectivity index is 1.65. The molecule has 2 amide bonds. The van der Waals surface area contributed by atoms with Crippen LogP contribution in [0.2, 0.25) is 0 Å². The van der Waals surface area contributed by atoms with Crippen LogP contribution >= 0.6 is 0 Å². The maximum atomic E-state index is 13.9. The van der Waals surface area contributed by atoms with E-state index in [0.717, 1.165) is 11.6 Å². The molecule has 0 unspecified atom stereocenters. The van der Waals surface area contributed by atoms with Gasteiger partial charge in [-0.15, -0.1) is 0 Å². The first kappa shape index (κ1) is 23.6. The van der Waals surface area contributed by atoms with Gasteiger partial charge < -0.3 is 24.8 Å². The first-order valence-corrected chi connectivity index (χ1v) is 10.2. The molecule has 0 aliphatic carbocycles. The van der Waals surface area contributed by atoms with Gasteiger partial charge in [-0.25, -0.2) is 4.39 Å². The Hall–Kier alpha value is -4.07. The molecule has 3 aromatic rings. The standard InChI is InChI=1S/C25H25FN2O5/c1-31-21-11-9-17(15-19(21)26)24(29)28-20-7-5-4-6-18(20)25(30)27-13-12-16-8-10-22(32-2)23(14-16)33-3/h4-11,14-15H,12-13H2,1-3H3,(H,27,30)(H,28,29). The molecule has 0 heterocycles. The average Bonchev–Trinajstić information content (AvgIpc) is 2.84. The van der Waals surface area contributed by atoms with Gasteiger partial charge in [-0.1, -0.05) is 18.2 Å². The summed E-state index contributed by atoms with van der Waals surface area (Å²) in [5, 5.41) is 5.52. The Labute approximate surface area is 191 Å². The summed E-state index contributed by atoms with van der Waals surface area (Å²) in [6.45, 7) is 0.375. The Morgan fingerprint density at radius 3 is 2.21 bits per heavy atom. The van der Waals surface area contributed by atoms with Crippen LogP contribution in [0.4, 0.5) is 10.1 Å². The van der Waals surface area contributed by atoms with E-state index in [9.17, 15) is 14.0 Å². The molecule has 0 atom stereocenters. The van der Waals surface area contributed by atoms with Crippen molar-refractivity contribution in [1.29, 1.82) is 0 Å². The lowest BCUT2D eigenvalue weighted by molar-refractivity contribution is 0.0955. The van der Waals surface area contributed by atoms with Crippen LogP contribution in [-0.2, 0) is 6.42 Å². The fraction of sp³-hybridized carbons (Fsp3) is 0.200. The maximum absolute atomic E-state index is 13.9. The largest absolute Gasteiger partial charge is 0.494 e. The van der Waals surface area contributed by atoms with E-state index >= 15 is 0 Å². The Morgan fingerprint density at radius 1 is 0.818 bits per heavy atom. The van der Waals surface area contributed by atoms with Crippen molar-refractivity contribution in [2.45, 2.75) is 6.42 Å². The SMILES string of the molecule is COc1ccc(C(=O)Nc2ccccc2C(=O)NCCc2ccc(OC)c(OC)c2)cc1F. The maximum Gasteiger partial charge on any atom is 0.255 e. The van der Waals surface area contributed by atoms with Crippen molar-refractivity contribution < 1.29 is 28.2 Å². The number of nitrogens with one attached hydrogen (secondary N) is 2. The predicted octanol–water partition coefficient (Wildman–Crippen LogP) is 4.08. The second-order valence-electron chi connectivity index (χ2n) is 7.04. The summed E-state index contributed by atoms with van der Waals surface area (Å²) >= 11 is 0. The molecule has 0 aliphatic rings. The van der Waals surface area contributed by atoms with Crippen molar-refractivity contribution >= 4 is 17.5 Å². The van der Waals surface area contributed by atoms with E-state index in [4.69, 9.17) is 14.2 Å². The van der Waals surface area contributed by atoms with Gasteiger partial charge in [-0.3, -0.25) is 9.59 Å². The zero-order chi connectivity index (χ0) is 23.8. The minimum atomic E-state index is -0.647. The van der Waals surface area contributed by atoms with Gasteiger partial charge in [0.2, 0.25) is 0 Å². The molecule has 0 bridgehead atoms. The van der Waals surface area contributed by atoms with Crippen LogP contribution in [0.25, 0.3) is 0 Å². The molecular formula is C25H25FN2O5. The number of anilines is 1.